The predicted molar refractivity (Wildman–Crippen MR) is 268 cm³/mol. The summed E-state index contributed by atoms with van der Waals surface area (Å²) in [6, 6.07) is 89.3. The summed E-state index contributed by atoms with van der Waals surface area (Å²) in [7, 11) is 0. The van der Waals surface area contributed by atoms with Gasteiger partial charge in [0.2, 0.25) is 0 Å². The molecule has 0 saturated carbocycles. The third-order valence-electron chi connectivity index (χ3n) is 13.5. The van der Waals surface area contributed by atoms with Gasteiger partial charge in [0.05, 0.1) is 22.1 Å². The molecular formula is C61H40N2S. The summed E-state index contributed by atoms with van der Waals surface area (Å²) < 4.78 is 2.47. The van der Waals surface area contributed by atoms with Crippen LogP contribution in [0.3, 0.4) is 0 Å². The minimum atomic E-state index is -0.428. The number of para-hydroxylation sites is 2. The van der Waals surface area contributed by atoms with Gasteiger partial charge in [-0.15, -0.1) is 0 Å². The van der Waals surface area contributed by atoms with Crippen LogP contribution in [0.5, 0.6) is 0 Å². The van der Waals surface area contributed by atoms with Gasteiger partial charge in [-0.3, -0.25) is 0 Å². The molecule has 2 aliphatic rings. The maximum absolute atomic E-state index is 2.53. The van der Waals surface area contributed by atoms with Crippen LogP contribution in [0.15, 0.2) is 252 Å². The van der Waals surface area contributed by atoms with E-state index in [-0.39, 0.29) is 0 Å². The van der Waals surface area contributed by atoms with Crippen LogP contribution >= 0.6 is 11.8 Å². The van der Waals surface area contributed by atoms with Crippen LogP contribution in [-0.2, 0) is 5.41 Å². The lowest BCUT2D eigenvalue weighted by molar-refractivity contribution is 0.724. The van der Waals surface area contributed by atoms with E-state index in [0.29, 0.717) is 0 Å². The summed E-state index contributed by atoms with van der Waals surface area (Å²) in [6.45, 7) is 0. The molecule has 0 fully saturated rings. The molecule has 0 N–H and O–H groups in total. The van der Waals surface area contributed by atoms with E-state index in [1.807, 2.05) is 11.8 Å². The molecule has 11 aromatic rings. The van der Waals surface area contributed by atoms with Gasteiger partial charge < -0.3 is 9.47 Å². The van der Waals surface area contributed by atoms with Crippen molar-refractivity contribution in [3.8, 4) is 39.1 Å². The lowest BCUT2D eigenvalue weighted by Gasteiger charge is -2.39. The minimum absolute atomic E-state index is 0.428. The number of fused-ring (bicyclic) bond motifs is 12. The Morgan fingerprint density at radius 1 is 0.344 bits per heavy atom. The smallest absolute Gasteiger partial charge is 0.0735 e. The molecule has 1 aliphatic carbocycles. The van der Waals surface area contributed by atoms with Crippen molar-refractivity contribution < 1.29 is 0 Å². The second kappa shape index (κ2) is 14.6. The van der Waals surface area contributed by atoms with E-state index in [1.165, 1.54) is 87.2 Å². The summed E-state index contributed by atoms with van der Waals surface area (Å²) in [5.41, 5.74) is 19.2. The van der Waals surface area contributed by atoms with Crippen molar-refractivity contribution in [1.82, 2.24) is 4.57 Å². The molecule has 1 spiro atoms. The van der Waals surface area contributed by atoms with Crippen molar-refractivity contribution in [2.45, 2.75) is 15.2 Å². The molecule has 10 aromatic carbocycles. The molecule has 0 amide bonds. The number of aromatic nitrogens is 1. The topological polar surface area (TPSA) is 8.17 Å². The van der Waals surface area contributed by atoms with Gasteiger partial charge in [-0.25, -0.2) is 0 Å². The van der Waals surface area contributed by atoms with Gasteiger partial charge in [-0.05, 0) is 117 Å². The molecule has 0 radical (unpaired) electrons. The van der Waals surface area contributed by atoms with E-state index >= 15 is 0 Å². The highest BCUT2D eigenvalue weighted by atomic mass is 32.2. The molecule has 64 heavy (non-hydrogen) atoms. The summed E-state index contributed by atoms with van der Waals surface area (Å²) in [5, 5.41) is 2.51. The van der Waals surface area contributed by atoms with Crippen molar-refractivity contribution in [1.29, 1.82) is 0 Å². The largest absolute Gasteiger partial charge is 0.310 e. The molecule has 0 unspecified atom stereocenters. The highest BCUT2D eigenvalue weighted by molar-refractivity contribution is 7.99. The molecule has 1 aliphatic heterocycles. The minimum Gasteiger partial charge on any atom is -0.310 e. The van der Waals surface area contributed by atoms with Crippen molar-refractivity contribution in [3.05, 3.63) is 265 Å². The monoisotopic (exact) mass is 832 g/mol. The Morgan fingerprint density at radius 2 is 0.875 bits per heavy atom. The fraction of sp³-hybridized carbons (Fsp3) is 0.0164. The Balaban J connectivity index is 0.991. The van der Waals surface area contributed by atoms with Crippen LogP contribution in [0.1, 0.15) is 22.3 Å². The molecule has 300 valence electrons. The fourth-order valence-electron chi connectivity index (χ4n) is 10.7. The second-order valence-electron chi connectivity index (χ2n) is 16.8. The maximum atomic E-state index is 2.53. The van der Waals surface area contributed by atoms with E-state index < -0.39 is 5.41 Å². The zero-order chi connectivity index (χ0) is 42.2. The number of nitrogens with zero attached hydrogens (tertiary/aromatic N) is 2. The second-order valence-corrected chi connectivity index (χ2v) is 17.9. The Morgan fingerprint density at radius 3 is 1.58 bits per heavy atom. The summed E-state index contributed by atoms with van der Waals surface area (Å²) in [5.74, 6) is 0. The van der Waals surface area contributed by atoms with Crippen LogP contribution in [0, 0.1) is 0 Å². The van der Waals surface area contributed by atoms with Gasteiger partial charge in [0.1, 0.15) is 0 Å². The number of anilines is 3. The lowest BCUT2D eigenvalue weighted by Crippen LogP contribution is -2.31. The van der Waals surface area contributed by atoms with Gasteiger partial charge in [-0.1, -0.05) is 188 Å². The summed E-state index contributed by atoms with van der Waals surface area (Å²) >= 11 is 1.90. The average Bonchev–Trinajstić information content (AvgIpc) is 3.85. The third-order valence-corrected chi connectivity index (χ3v) is 14.6. The molecule has 2 heterocycles. The van der Waals surface area contributed by atoms with E-state index in [9.17, 15) is 0 Å². The van der Waals surface area contributed by atoms with Crippen molar-refractivity contribution in [2.75, 3.05) is 4.90 Å². The number of hydrogen-bond donors (Lipinski definition) is 0. The lowest BCUT2D eigenvalue weighted by atomic mass is 9.67. The van der Waals surface area contributed by atoms with Crippen LogP contribution in [0.4, 0.5) is 17.1 Å². The number of rotatable bonds is 6. The van der Waals surface area contributed by atoms with Gasteiger partial charge in [-0.2, -0.15) is 0 Å². The summed E-state index contributed by atoms with van der Waals surface area (Å²) in [4.78, 5) is 5.00. The van der Waals surface area contributed by atoms with Crippen molar-refractivity contribution in [2.24, 2.45) is 0 Å². The van der Waals surface area contributed by atoms with Gasteiger partial charge in [0.25, 0.3) is 0 Å². The summed E-state index contributed by atoms with van der Waals surface area (Å²) in [6.07, 6.45) is 0. The maximum Gasteiger partial charge on any atom is 0.0735 e. The molecule has 0 saturated heterocycles. The van der Waals surface area contributed by atoms with E-state index in [0.717, 1.165) is 22.7 Å². The van der Waals surface area contributed by atoms with Crippen molar-refractivity contribution >= 4 is 50.6 Å². The molecule has 0 bridgehead atoms. The molecule has 13 rings (SSSR count). The van der Waals surface area contributed by atoms with Gasteiger partial charge >= 0.3 is 0 Å². The normalized spacial score (nSPS) is 13.1. The van der Waals surface area contributed by atoms with Crippen molar-refractivity contribution in [3.63, 3.8) is 0 Å². The van der Waals surface area contributed by atoms with E-state index in [4.69, 9.17) is 0 Å². The van der Waals surface area contributed by atoms with Gasteiger partial charge in [0.15, 0.2) is 0 Å². The first kappa shape index (κ1) is 36.8. The Labute approximate surface area is 377 Å². The highest BCUT2D eigenvalue weighted by Crippen LogP contribution is 2.62. The quantitative estimate of drug-likeness (QED) is 0.165. The molecular weight excluding hydrogens is 793 g/mol. The van der Waals surface area contributed by atoms with Gasteiger partial charge in [0, 0.05) is 43.2 Å². The van der Waals surface area contributed by atoms with Crippen LogP contribution in [0.2, 0.25) is 0 Å². The number of hydrogen-bond acceptors (Lipinski definition) is 2. The number of benzene rings is 10. The van der Waals surface area contributed by atoms with Crippen LogP contribution in [0.25, 0.3) is 60.9 Å². The van der Waals surface area contributed by atoms with E-state index in [1.54, 1.807) is 0 Å². The molecule has 3 heteroatoms. The zero-order valence-corrected chi connectivity index (χ0v) is 35.7. The standard InChI is InChI=1S/C61H40N2S/c1-3-17-41(18-4-1)42-31-33-44(34-32-42)62(56-28-14-9-21-47(56)43-19-5-2-6-20-43)45-35-37-46(38-36-45)63-57-29-15-10-24-50(57)51-39-55-60(40-58(51)63)64-59-30-16-13-27-54(59)61(55)52-25-11-7-22-48(52)49-23-8-12-26-53(49)61/h1-40H. The molecule has 0 atom stereocenters. The third kappa shape index (κ3) is 5.48. The highest BCUT2D eigenvalue weighted by Gasteiger charge is 2.50. The van der Waals surface area contributed by atoms with E-state index in [2.05, 4.69) is 252 Å². The first-order valence-corrected chi connectivity index (χ1v) is 22.8. The first-order chi connectivity index (χ1) is 31.8. The van der Waals surface area contributed by atoms with Crippen LogP contribution < -0.4 is 4.90 Å². The Kier molecular flexibility index (Phi) is 8.40. The fourth-order valence-corrected chi connectivity index (χ4v) is 11.9. The zero-order valence-electron chi connectivity index (χ0n) is 34.9. The average molecular weight is 833 g/mol. The predicted octanol–water partition coefficient (Wildman–Crippen LogP) is 16.4. The Hall–Kier alpha value is -7.85. The van der Waals surface area contributed by atoms with Crippen LogP contribution in [-0.4, -0.2) is 4.57 Å². The Bertz CT molecular complexity index is 3520. The SMILES string of the molecule is c1ccc(-c2ccc(N(c3ccc(-n4c5ccccc5c5cc6c(cc54)Sc4ccccc4C64c5ccccc5-c5ccccc54)cc3)c3ccccc3-c3ccccc3)cc2)cc1. The molecule has 1 aromatic heterocycles. The first-order valence-electron chi connectivity index (χ1n) is 22.0. The molecule has 2 nitrogen and oxygen atoms in total.